The molecule has 0 spiro atoms. The molecule has 0 N–H and O–H groups in total. The first kappa shape index (κ1) is 17.5. The third-order valence-electron chi connectivity index (χ3n) is 4.54. The van der Waals surface area contributed by atoms with Crippen LogP contribution in [0.3, 0.4) is 0 Å². The van der Waals surface area contributed by atoms with Crippen LogP contribution >= 0.6 is 0 Å². The van der Waals surface area contributed by atoms with E-state index in [1.54, 1.807) is 27.6 Å². The predicted molar refractivity (Wildman–Crippen MR) is 95.6 cm³/mol. The SMILES string of the molecule is CC(C)(C)c1ccc(=O)n(CC2CN(CCn3cccnc3=O)C2)n1. The summed E-state index contributed by atoms with van der Waals surface area (Å²) in [6, 6.07) is 5.19. The van der Waals surface area contributed by atoms with Gasteiger partial charge in [0.15, 0.2) is 0 Å². The van der Waals surface area contributed by atoms with Crippen LogP contribution in [0.5, 0.6) is 0 Å². The van der Waals surface area contributed by atoms with Crippen molar-refractivity contribution in [2.45, 2.75) is 39.3 Å². The van der Waals surface area contributed by atoms with Crippen LogP contribution in [-0.4, -0.2) is 43.9 Å². The quantitative estimate of drug-likeness (QED) is 0.800. The average Bonchev–Trinajstić information content (AvgIpc) is 2.51. The van der Waals surface area contributed by atoms with Crippen molar-refractivity contribution >= 4 is 0 Å². The van der Waals surface area contributed by atoms with Crippen LogP contribution in [-0.2, 0) is 18.5 Å². The summed E-state index contributed by atoms with van der Waals surface area (Å²) in [6.45, 7) is 10.2. The van der Waals surface area contributed by atoms with Crippen molar-refractivity contribution in [1.82, 2.24) is 24.2 Å². The Bertz CT molecular complexity index is 843. The Balaban J connectivity index is 1.53. The molecule has 25 heavy (non-hydrogen) atoms. The average molecular weight is 343 g/mol. The van der Waals surface area contributed by atoms with Crippen LogP contribution in [0.2, 0.25) is 0 Å². The molecule has 0 saturated carbocycles. The predicted octanol–water partition coefficient (Wildman–Crippen LogP) is 0.730. The van der Waals surface area contributed by atoms with E-state index >= 15 is 0 Å². The Labute approximate surface area is 146 Å². The van der Waals surface area contributed by atoms with Gasteiger partial charge >= 0.3 is 5.69 Å². The van der Waals surface area contributed by atoms with E-state index in [-0.39, 0.29) is 16.7 Å². The molecule has 0 amide bonds. The molecule has 0 aromatic carbocycles. The molecule has 3 rings (SSSR count). The van der Waals surface area contributed by atoms with E-state index in [9.17, 15) is 9.59 Å². The minimum absolute atomic E-state index is 0.0478. The van der Waals surface area contributed by atoms with Crippen molar-refractivity contribution in [2.24, 2.45) is 5.92 Å². The van der Waals surface area contributed by atoms with E-state index in [1.807, 2.05) is 6.07 Å². The van der Waals surface area contributed by atoms with Crippen molar-refractivity contribution in [1.29, 1.82) is 0 Å². The van der Waals surface area contributed by atoms with E-state index in [2.05, 4.69) is 35.8 Å². The summed E-state index contributed by atoms with van der Waals surface area (Å²) in [7, 11) is 0. The van der Waals surface area contributed by atoms with E-state index < -0.39 is 0 Å². The normalized spacial score (nSPS) is 16.0. The molecule has 0 radical (unpaired) electrons. The summed E-state index contributed by atoms with van der Waals surface area (Å²) < 4.78 is 3.21. The Morgan fingerprint density at radius 3 is 2.60 bits per heavy atom. The molecule has 1 aliphatic heterocycles. The maximum absolute atomic E-state index is 12.0. The van der Waals surface area contributed by atoms with Gasteiger partial charge in [0, 0.05) is 56.0 Å². The van der Waals surface area contributed by atoms with Gasteiger partial charge in [-0.15, -0.1) is 0 Å². The van der Waals surface area contributed by atoms with Gasteiger partial charge in [0.1, 0.15) is 0 Å². The highest BCUT2D eigenvalue weighted by molar-refractivity contribution is 5.10. The fourth-order valence-electron chi connectivity index (χ4n) is 3.01. The molecule has 0 aliphatic carbocycles. The molecule has 1 fully saturated rings. The van der Waals surface area contributed by atoms with Gasteiger partial charge in [-0.25, -0.2) is 14.5 Å². The zero-order chi connectivity index (χ0) is 18.0. The maximum Gasteiger partial charge on any atom is 0.347 e. The van der Waals surface area contributed by atoms with Gasteiger partial charge in [-0.1, -0.05) is 20.8 Å². The lowest BCUT2D eigenvalue weighted by Crippen LogP contribution is -2.50. The Hall–Kier alpha value is -2.28. The van der Waals surface area contributed by atoms with Gasteiger partial charge in [-0.2, -0.15) is 5.10 Å². The van der Waals surface area contributed by atoms with Crippen LogP contribution in [0.15, 0.2) is 40.2 Å². The molecule has 1 aliphatic rings. The highest BCUT2D eigenvalue weighted by Gasteiger charge is 2.27. The topological polar surface area (TPSA) is 73.0 Å². The largest absolute Gasteiger partial charge is 0.347 e. The van der Waals surface area contributed by atoms with E-state index in [1.165, 1.54) is 6.20 Å². The molecule has 1 saturated heterocycles. The molecule has 0 bridgehead atoms. The molecule has 0 unspecified atom stereocenters. The lowest BCUT2D eigenvalue weighted by Gasteiger charge is -2.39. The Kier molecular flexibility index (Phi) is 4.85. The van der Waals surface area contributed by atoms with Gasteiger partial charge in [0.2, 0.25) is 0 Å². The number of hydrogen-bond acceptors (Lipinski definition) is 5. The van der Waals surface area contributed by atoms with Crippen molar-refractivity contribution in [3.63, 3.8) is 0 Å². The van der Waals surface area contributed by atoms with E-state index in [4.69, 9.17) is 0 Å². The molecule has 134 valence electrons. The zero-order valence-corrected chi connectivity index (χ0v) is 15.1. The summed E-state index contributed by atoms with van der Waals surface area (Å²) in [6.07, 6.45) is 3.27. The molecular formula is C18H25N5O2. The lowest BCUT2D eigenvalue weighted by atomic mass is 9.92. The molecule has 2 aromatic rings. The Morgan fingerprint density at radius 2 is 1.92 bits per heavy atom. The maximum atomic E-state index is 12.0. The van der Waals surface area contributed by atoms with Crippen molar-refractivity contribution < 1.29 is 0 Å². The first-order valence-corrected chi connectivity index (χ1v) is 8.65. The summed E-state index contributed by atoms with van der Waals surface area (Å²) in [4.78, 5) is 29.7. The van der Waals surface area contributed by atoms with E-state index in [0.717, 1.165) is 25.3 Å². The van der Waals surface area contributed by atoms with E-state index in [0.29, 0.717) is 19.0 Å². The fraction of sp³-hybridized carbons (Fsp3) is 0.556. The van der Waals surface area contributed by atoms with Gasteiger partial charge in [0.05, 0.1) is 12.2 Å². The molecule has 7 nitrogen and oxygen atoms in total. The standard InChI is InChI=1S/C18H25N5O2/c1-18(2,3)15-5-6-16(24)23(20-15)13-14-11-21(12-14)9-10-22-8-4-7-19-17(22)25/h4-8,14H,9-13H2,1-3H3. The first-order chi connectivity index (χ1) is 11.8. The highest BCUT2D eigenvalue weighted by Crippen LogP contribution is 2.19. The van der Waals surface area contributed by atoms with Gasteiger partial charge < -0.3 is 4.90 Å². The number of aromatic nitrogens is 4. The van der Waals surface area contributed by atoms with Crippen LogP contribution in [0.25, 0.3) is 0 Å². The minimum atomic E-state index is -0.214. The zero-order valence-electron chi connectivity index (χ0n) is 15.1. The van der Waals surface area contributed by atoms with Crippen LogP contribution < -0.4 is 11.2 Å². The summed E-state index contributed by atoms with van der Waals surface area (Å²) in [5, 5.41) is 4.53. The van der Waals surface area contributed by atoms with Gasteiger partial charge in [-0.3, -0.25) is 9.36 Å². The molecule has 0 atom stereocenters. The van der Waals surface area contributed by atoms with Gasteiger partial charge in [0.25, 0.3) is 5.56 Å². The fourth-order valence-corrected chi connectivity index (χ4v) is 3.01. The lowest BCUT2D eigenvalue weighted by molar-refractivity contribution is 0.0798. The first-order valence-electron chi connectivity index (χ1n) is 8.65. The number of likely N-dealkylation sites (tertiary alicyclic amines) is 1. The number of hydrogen-bond donors (Lipinski definition) is 0. The molecule has 3 heterocycles. The van der Waals surface area contributed by atoms with Crippen molar-refractivity contribution in [2.75, 3.05) is 19.6 Å². The van der Waals surface area contributed by atoms with Crippen LogP contribution in [0, 0.1) is 5.92 Å². The second-order valence-electron chi connectivity index (χ2n) is 7.71. The highest BCUT2D eigenvalue weighted by atomic mass is 16.1. The second kappa shape index (κ2) is 6.92. The Morgan fingerprint density at radius 1 is 1.16 bits per heavy atom. The van der Waals surface area contributed by atoms with Crippen molar-refractivity contribution in [3.8, 4) is 0 Å². The minimum Gasteiger partial charge on any atom is -0.301 e. The molecule has 7 heteroatoms. The third kappa shape index (κ3) is 4.22. The monoisotopic (exact) mass is 343 g/mol. The number of rotatable bonds is 5. The van der Waals surface area contributed by atoms with Crippen LogP contribution in [0.4, 0.5) is 0 Å². The summed E-state index contributed by atoms with van der Waals surface area (Å²) in [5.74, 6) is 0.422. The summed E-state index contributed by atoms with van der Waals surface area (Å²) in [5.41, 5.74) is 0.597. The summed E-state index contributed by atoms with van der Waals surface area (Å²) >= 11 is 0. The third-order valence-corrected chi connectivity index (χ3v) is 4.54. The molecule has 2 aromatic heterocycles. The van der Waals surface area contributed by atoms with Crippen molar-refractivity contribution in [3.05, 3.63) is 57.1 Å². The second-order valence-corrected chi connectivity index (χ2v) is 7.71. The number of nitrogens with zero attached hydrogens (tertiary/aromatic N) is 5. The van der Waals surface area contributed by atoms with Crippen LogP contribution in [0.1, 0.15) is 26.5 Å². The smallest absolute Gasteiger partial charge is 0.301 e. The molecular weight excluding hydrogens is 318 g/mol. The van der Waals surface area contributed by atoms with Gasteiger partial charge in [-0.05, 0) is 12.1 Å².